The second kappa shape index (κ2) is 8.41. The summed E-state index contributed by atoms with van der Waals surface area (Å²) in [7, 11) is 0. The number of benzene rings is 1. The number of ether oxygens (including phenoxy) is 1. The zero-order valence-electron chi connectivity index (χ0n) is 12.7. The summed E-state index contributed by atoms with van der Waals surface area (Å²) >= 11 is 1.71. The first-order chi connectivity index (χ1) is 10.2. The molecule has 1 aromatic carbocycles. The molecule has 0 radical (unpaired) electrons. The summed E-state index contributed by atoms with van der Waals surface area (Å²) < 4.78 is 5.66. The molecule has 1 unspecified atom stereocenters. The molecule has 1 aromatic rings. The molecule has 1 heterocycles. The van der Waals surface area contributed by atoms with Gasteiger partial charge >= 0.3 is 0 Å². The largest absolute Gasteiger partial charge is 0.368 e. The molecule has 1 amide bonds. The quantitative estimate of drug-likeness (QED) is 0.792. The van der Waals surface area contributed by atoms with E-state index in [4.69, 9.17) is 4.74 Å². The van der Waals surface area contributed by atoms with Crippen molar-refractivity contribution in [2.75, 3.05) is 26.0 Å². The Balaban J connectivity index is 1.75. The smallest absolute Gasteiger partial charge is 0.246 e. The zero-order valence-corrected chi connectivity index (χ0v) is 13.5. The van der Waals surface area contributed by atoms with Crippen LogP contribution in [0.15, 0.2) is 29.2 Å². The third-order valence-corrected chi connectivity index (χ3v) is 4.47. The van der Waals surface area contributed by atoms with E-state index in [1.165, 1.54) is 4.90 Å². The first-order valence-electron chi connectivity index (χ1n) is 7.44. The average molecular weight is 308 g/mol. The fraction of sp³-hybridized carbons (Fsp3) is 0.562. The zero-order chi connectivity index (χ0) is 15.1. The topological polar surface area (TPSA) is 50.4 Å². The van der Waals surface area contributed by atoms with Gasteiger partial charge < -0.3 is 15.4 Å². The lowest BCUT2D eigenvalue weighted by molar-refractivity contribution is -0.128. The van der Waals surface area contributed by atoms with E-state index in [-0.39, 0.29) is 24.7 Å². The summed E-state index contributed by atoms with van der Waals surface area (Å²) in [4.78, 5) is 13.2. The standard InChI is InChI=1S/C16H24N2O2S/c1-12(13-3-5-15(21-2)6-4-13)18-16(19)11-20-14-7-9-17-10-8-14/h3-6,12,14,17H,7-11H2,1-2H3,(H,18,19). The second-order valence-electron chi connectivity index (χ2n) is 5.32. The molecule has 0 bridgehead atoms. The van der Waals surface area contributed by atoms with Crippen LogP contribution in [0.2, 0.25) is 0 Å². The van der Waals surface area contributed by atoms with Crippen LogP contribution in [-0.4, -0.2) is 38.0 Å². The molecule has 1 aliphatic heterocycles. The van der Waals surface area contributed by atoms with Crippen molar-refractivity contribution in [3.05, 3.63) is 29.8 Å². The third-order valence-electron chi connectivity index (χ3n) is 3.73. The predicted molar refractivity (Wildman–Crippen MR) is 86.6 cm³/mol. The normalized spacial score (nSPS) is 17.4. The lowest BCUT2D eigenvalue weighted by Crippen LogP contribution is -2.36. The number of hydrogen-bond acceptors (Lipinski definition) is 4. The third kappa shape index (κ3) is 5.34. The van der Waals surface area contributed by atoms with Gasteiger partial charge in [-0.3, -0.25) is 4.79 Å². The molecule has 116 valence electrons. The van der Waals surface area contributed by atoms with Gasteiger partial charge in [0.05, 0.1) is 12.1 Å². The molecule has 2 rings (SSSR count). The van der Waals surface area contributed by atoms with Crippen LogP contribution in [0, 0.1) is 0 Å². The van der Waals surface area contributed by atoms with Crippen molar-refractivity contribution in [2.45, 2.75) is 36.8 Å². The van der Waals surface area contributed by atoms with E-state index in [2.05, 4.69) is 41.2 Å². The molecule has 0 aliphatic carbocycles. The number of carbonyl (C=O) groups is 1. The molecule has 4 nitrogen and oxygen atoms in total. The Morgan fingerprint density at radius 2 is 2.05 bits per heavy atom. The van der Waals surface area contributed by atoms with Crippen molar-refractivity contribution in [2.24, 2.45) is 0 Å². The number of amides is 1. The van der Waals surface area contributed by atoms with Crippen molar-refractivity contribution in [1.82, 2.24) is 10.6 Å². The first-order valence-corrected chi connectivity index (χ1v) is 8.67. The van der Waals surface area contributed by atoms with Gasteiger partial charge in [-0.1, -0.05) is 12.1 Å². The predicted octanol–water partition coefficient (Wildman–Crippen LogP) is 2.35. The van der Waals surface area contributed by atoms with Crippen molar-refractivity contribution in [3.63, 3.8) is 0 Å². The molecule has 5 heteroatoms. The Morgan fingerprint density at radius 1 is 1.38 bits per heavy atom. The minimum absolute atomic E-state index is 0.00466. The maximum absolute atomic E-state index is 11.9. The minimum atomic E-state index is -0.0463. The minimum Gasteiger partial charge on any atom is -0.368 e. The van der Waals surface area contributed by atoms with Crippen LogP contribution in [-0.2, 0) is 9.53 Å². The van der Waals surface area contributed by atoms with Gasteiger partial charge in [0, 0.05) is 4.90 Å². The molecule has 0 spiro atoms. The van der Waals surface area contributed by atoms with Crippen molar-refractivity contribution >= 4 is 17.7 Å². The van der Waals surface area contributed by atoms with Crippen LogP contribution in [0.4, 0.5) is 0 Å². The van der Waals surface area contributed by atoms with Gasteiger partial charge in [0.25, 0.3) is 0 Å². The summed E-state index contributed by atoms with van der Waals surface area (Å²) in [6.45, 7) is 4.10. The lowest BCUT2D eigenvalue weighted by atomic mass is 10.1. The van der Waals surface area contributed by atoms with Crippen LogP contribution in [0.25, 0.3) is 0 Å². The maximum atomic E-state index is 11.9. The Morgan fingerprint density at radius 3 is 2.67 bits per heavy atom. The first kappa shape index (κ1) is 16.3. The number of piperidine rings is 1. The Kier molecular flexibility index (Phi) is 6.54. The fourth-order valence-corrected chi connectivity index (χ4v) is 2.82. The van der Waals surface area contributed by atoms with Crippen LogP contribution in [0.1, 0.15) is 31.4 Å². The lowest BCUT2D eigenvalue weighted by Gasteiger charge is -2.23. The van der Waals surface area contributed by atoms with Gasteiger partial charge in [-0.15, -0.1) is 11.8 Å². The summed E-state index contributed by atoms with van der Waals surface area (Å²) in [5.41, 5.74) is 1.11. The Hall–Kier alpha value is -1.04. The number of rotatable bonds is 6. The van der Waals surface area contributed by atoms with Gasteiger partial charge in [0.15, 0.2) is 0 Å². The van der Waals surface area contributed by atoms with E-state index in [9.17, 15) is 4.79 Å². The van der Waals surface area contributed by atoms with Crippen molar-refractivity contribution < 1.29 is 9.53 Å². The van der Waals surface area contributed by atoms with E-state index in [1.54, 1.807) is 11.8 Å². The number of carbonyl (C=O) groups excluding carboxylic acids is 1. The summed E-state index contributed by atoms with van der Waals surface area (Å²) in [6, 6.07) is 8.28. The molecule has 0 saturated carbocycles. The fourth-order valence-electron chi connectivity index (χ4n) is 2.41. The van der Waals surface area contributed by atoms with Crippen LogP contribution < -0.4 is 10.6 Å². The summed E-state index contributed by atoms with van der Waals surface area (Å²) in [5.74, 6) is -0.0463. The SMILES string of the molecule is CSc1ccc(C(C)NC(=O)COC2CCNCC2)cc1. The Labute approximate surface area is 131 Å². The van der Waals surface area contributed by atoms with E-state index in [1.807, 2.05) is 6.92 Å². The highest BCUT2D eigenvalue weighted by Gasteiger charge is 2.16. The molecule has 1 atom stereocenters. The summed E-state index contributed by atoms with van der Waals surface area (Å²) in [5, 5.41) is 6.27. The summed E-state index contributed by atoms with van der Waals surface area (Å²) in [6.07, 6.45) is 4.24. The number of nitrogens with one attached hydrogen (secondary N) is 2. The van der Waals surface area contributed by atoms with E-state index >= 15 is 0 Å². The maximum Gasteiger partial charge on any atom is 0.246 e. The van der Waals surface area contributed by atoms with E-state index < -0.39 is 0 Å². The van der Waals surface area contributed by atoms with Crippen molar-refractivity contribution in [3.8, 4) is 0 Å². The average Bonchev–Trinajstić information content (AvgIpc) is 2.54. The molecule has 21 heavy (non-hydrogen) atoms. The molecule has 2 N–H and O–H groups in total. The molecule has 1 aliphatic rings. The van der Waals surface area contributed by atoms with Crippen LogP contribution >= 0.6 is 11.8 Å². The van der Waals surface area contributed by atoms with Gasteiger partial charge in [0.1, 0.15) is 6.61 Å². The van der Waals surface area contributed by atoms with Gasteiger partial charge in [-0.2, -0.15) is 0 Å². The van der Waals surface area contributed by atoms with Gasteiger partial charge in [-0.05, 0) is 56.8 Å². The van der Waals surface area contributed by atoms with Crippen molar-refractivity contribution in [1.29, 1.82) is 0 Å². The highest BCUT2D eigenvalue weighted by atomic mass is 32.2. The highest BCUT2D eigenvalue weighted by molar-refractivity contribution is 7.98. The number of hydrogen-bond donors (Lipinski definition) is 2. The highest BCUT2D eigenvalue weighted by Crippen LogP contribution is 2.18. The van der Waals surface area contributed by atoms with Crippen LogP contribution in [0.3, 0.4) is 0 Å². The molecule has 1 fully saturated rings. The van der Waals surface area contributed by atoms with Gasteiger partial charge in [-0.25, -0.2) is 0 Å². The van der Waals surface area contributed by atoms with E-state index in [0.29, 0.717) is 0 Å². The monoisotopic (exact) mass is 308 g/mol. The van der Waals surface area contributed by atoms with E-state index in [0.717, 1.165) is 31.5 Å². The molecular formula is C16H24N2O2S. The molecule has 0 aromatic heterocycles. The van der Waals surface area contributed by atoms with Crippen LogP contribution in [0.5, 0.6) is 0 Å². The molecule has 1 saturated heterocycles. The Bertz CT molecular complexity index is 444. The number of thioether (sulfide) groups is 1. The second-order valence-corrected chi connectivity index (χ2v) is 6.20. The van der Waals surface area contributed by atoms with Gasteiger partial charge in [0.2, 0.25) is 5.91 Å². The molecular weight excluding hydrogens is 284 g/mol.